The summed E-state index contributed by atoms with van der Waals surface area (Å²) in [5.41, 5.74) is 6.66. The topological polar surface area (TPSA) is 76.4 Å². The van der Waals surface area contributed by atoms with Crippen LogP contribution in [0.5, 0.6) is 0 Å². The van der Waals surface area contributed by atoms with Crippen LogP contribution in [0.2, 0.25) is 0 Å². The highest BCUT2D eigenvalue weighted by molar-refractivity contribution is 7.07. The Labute approximate surface area is 90.5 Å². The molecule has 78 valence electrons. The summed E-state index contributed by atoms with van der Waals surface area (Å²) in [7, 11) is 0. The molecule has 0 unspecified atom stereocenters. The summed E-state index contributed by atoms with van der Waals surface area (Å²) in [6, 6.07) is 2.03. The number of nitrogens with two attached hydrogens (primary N) is 1. The molecule has 0 aliphatic heterocycles. The smallest absolute Gasteiger partial charge is 0.206 e. The molecule has 2 aromatic heterocycles. The van der Waals surface area contributed by atoms with Crippen molar-refractivity contribution in [1.82, 2.24) is 9.55 Å². The van der Waals surface area contributed by atoms with Gasteiger partial charge in [-0.15, -0.1) is 0 Å². The average Bonchev–Trinajstić information content (AvgIpc) is 2.88. The molecule has 0 fully saturated rings. The van der Waals surface area contributed by atoms with E-state index in [1.54, 1.807) is 23.7 Å². The normalized spacial score (nSPS) is 11.9. The maximum Gasteiger partial charge on any atom is 0.206 e. The van der Waals surface area contributed by atoms with E-state index in [0.29, 0.717) is 12.4 Å². The van der Waals surface area contributed by atoms with E-state index in [0.717, 1.165) is 0 Å². The minimum Gasteiger partial charge on any atom is -0.409 e. The molecule has 15 heavy (non-hydrogen) atoms. The Morgan fingerprint density at radius 1 is 1.67 bits per heavy atom. The molecule has 0 saturated carbocycles. The lowest BCUT2D eigenvalue weighted by molar-refractivity contribution is 0.318. The van der Waals surface area contributed by atoms with Gasteiger partial charge in [-0.25, -0.2) is 4.98 Å². The zero-order valence-electron chi connectivity index (χ0n) is 7.87. The molecule has 3 N–H and O–H groups in total. The molecule has 0 bridgehead atoms. The lowest BCUT2D eigenvalue weighted by Crippen LogP contribution is -2.19. The number of rotatable bonds is 3. The molecule has 0 amide bonds. The van der Waals surface area contributed by atoms with Gasteiger partial charge in [-0.2, -0.15) is 11.3 Å². The van der Waals surface area contributed by atoms with Crippen LogP contribution in [0.15, 0.2) is 34.4 Å². The van der Waals surface area contributed by atoms with Crippen LogP contribution >= 0.6 is 11.3 Å². The number of aromatic nitrogens is 2. The van der Waals surface area contributed by atoms with E-state index in [1.807, 2.05) is 16.0 Å². The Kier molecular flexibility index (Phi) is 2.68. The van der Waals surface area contributed by atoms with Gasteiger partial charge < -0.3 is 15.5 Å². The first-order chi connectivity index (χ1) is 7.31. The highest BCUT2D eigenvalue weighted by atomic mass is 32.1. The summed E-state index contributed by atoms with van der Waals surface area (Å²) in [6.07, 6.45) is 3.42. The number of hydrogen-bond acceptors (Lipinski definition) is 4. The van der Waals surface area contributed by atoms with E-state index in [1.165, 1.54) is 5.56 Å². The van der Waals surface area contributed by atoms with Crippen LogP contribution in [0, 0.1) is 0 Å². The molecule has 0 radical (unpaired) electrons. The van der Waals surface area contributed by atoms with Crippen LogP contribution in [-0.2, 0) is 6.54 Å². The molecule has 5 nitrogen and oxygen atoms in total. The van der Waals surface area contributed by atoms with Gasteiger partial charge in [-0.05, 0) is 22.4 Å². The Morgan fingerprint density at radius 3 is 3.20 bits per heavy atom. The summed E-state index contributed by atoms with van der Waals surface area (Å²) >= 11 is 1.64. The van der Waals surface area contributed by atoms with E-state index in [-0.39, 0.29) is 5.84 Å². The minimum atomic E-state index is 0.0234. The van der Waals surface area contributed by atoms with E-state index in [2.05, 4.69) is 15.5 Å². The zero-order chi connectivity index (χ0) is 10.7. The molecule has 2 heterocycles. The van der Waals surface area contributed by atoms with Crippen molar-refractivity contribution >= 4 is 17.2 Å². The van der Waals surface area contributed by atoms with Gasteiger partial charge in [-0.3, -0.25) is 0 Å². The van der Waals surface area contributed by atoms with Crippen LogP contribution < -0.4 is 5.73 Å². The van der Waals surface area contributed by atoms with Crippen molar-refractivity contribution in [3.63, 3.8) is 0 Å². The third-order valence-electron chi connectivity index (χ3n) is 1.99. The predicted octanol–water partition coefficient (Wildman–Crippen LogP) is 1.09. The van der Waals surface area contributed by atoms with Gasteiger partial charge in [-0.1, -0.05) is 5.16 Å². The maximum absolute atomic E-state index is 8.57. The molecule has 0 aromatic carbocycles. The fraction of sp³-hybridized carbons (Fsp3) is 0.111. The largest absolute Gasteiger partial charge is 0.409 e. The highest BCUT2D eigenvalue weighted by Crippen LogP contribution is 2.09. The van der Waals surface area contributed by atoms with Crippen molar-refractivity contribution in [2.75, 3.05) is 0 Å². The quantitative estimate of drug-likeness (QED) is 0.353. The van der Waals surface area contributed by atoms with E-state index >= 15 is 0 Å². The molecule has 0 saturated heterocycles. The van der Waals surface area contributed by atoms with Crippen LogP contribution in [0.25, 0.3) is 0 Å². The average molecular weight is 222 g/mol. The van der Waals surface area contributed by atoms with Crippen molar-refractivity contribution in [3.8, 4) is 0 Å². The highest BCUT2D eigenvalue weighted by Gasteiger charge is 2.07. The maximum atomic E-state index is 8.57. The summed E-state index contributed by atoms with van der Waals surface area (Å²) in [4.78, 5) is 4.02. The first-order valence-corrected chi connectivity index (χ1v) is 5.25. The molecule has 0 aliphatic rings. The van der Waals surface area contributed by atoms with Gasteiger partial charge in [0.05, 0.1) is 0 Å². The second-order valence-corrected chi connectivity index (χ2v) is 3.78. The standard InChI is InChI=1S/C9H10N4OS/c10-8(12-14)9-11-2-3-13(9)5-7-1-4-15-6-7/h1-4,6,14H,5H2,(H2,10,12). The fourth-order valence-corrected chi connectivity index (χ4v) is 1.95. The van der Waals surface area contributed by atoms with Crippen LogP contribution in [0.4, 0.5) is 0 Å². The second-order valence-electron chi connectivity index (χ2n) is 3.00. The molecule has 0 atom stereocenters. The van der Waals surface area contributed by atoms with Crippen LogP contribution in [0.1, 0.15) is 11.4 Å². The third kappa shape index (κ3) is 1.99. The third-order valence-corrected chi connectivity index (χ3v) is 2.72. The first-order valence-electron chi connectivity index (χ1n) is 4.31. The molecule has 6 heteroatoms. The number of thiophene rings is 1. The number of hydrogen-bond donors (Lipinski definition) is 2. The van der Waals surface area contributed by atoms with Gasteiger partial charge in [0.15, 0.2) is 5.82 Å². The zero-order valence-corrected chi connectivity index (χ0v) is 8.68. The van der Waals surface area contributed by atoms with Crippen molar-refractivity contribution in [2.45, 2.75) is 6.54 Å². The number of oxime groups is 1. The fourth-order valence-electron chi connectivity index (χ4n) is 1.29. The molecular formula is C9H10N4OS. The lowest BCUT2D eigenvalue weighted by Gasteiger charge is -2.04. The van der Waals surface area contributed by atoms with Gasteiger partial charge in [0.2, 0.25) is 5.84 Å². The number of nitrogens with zero attached hydrogens (tertiary/aromatic N) is 3. The van der Waals surface area contributed by atoms with E-state index in [4.69, 9.17) is 10.9 Å². The number of amidine groups is 1. The summed E-state index contributed by atoms with van der Waals surface area (Å²) < 4.78 is 1.83. The molecular weight excluding hydrogens is 212 g/mol. The predicted molar refractivity (Wildman–Crippen MR) is 58.2 cm³/mol. The second kappa shape index (κ2) is 4.14. The molecule has 2 aromatic rings. The van der Waals surface area contributed by atoms with Crippen LogP contribution in [-0.4, -0.2) is 20.6 Å². The number of imidazole rings is 1. The van der Waals surface area contributed by atoms with Gasteiger partial charge in [0.25, 0.3) is 0 Å². The Bertz CT molecular complexity index is 460. The minimum absolute atomic E-state index is 0.0234. The summed E-state index contributed by atoms with van der Waals surface area (Å²) in [6.45, 7) is 0.676. The Morgan fingerprint density at radius 2 is 2.53 bits per heavy atom. The van der Waals surface area contributed by atoms with Gasteiger partial charge in [0, 0.05) is 18.9 Å². The summed E-state index contributed by atoms with van der Waals surface area (Å²) in [5.74, 6) is 0.499. The first kappa shape index (κ1) is 9.72. The summed E-state index contributed by atoms with van der Waals surface area (Å²) in [5, 5.41) is 15.6. The van der Waals surface area contributed by atoms with Crippen molar-refractivity contribution < 1.29 is 5.21 Å². The van der Waals surface area contributed by atoms with Crippen molar-refractivity contribution in [1.29, 1.82) is 0 Å². The molecule has 0 spiro atoms. The SMILES string of the molecule is NC(=NO)c1nccn1Cc1ccsc1. The van der Waals surface area contributed by atoms with E-state index < -0.39 is 0 Å². The molecule has 0 aliphatic carbocycles. The van der Waals surface area contributed by atoms with Crippen molar-refractivity contribution in [2.24, 2.45) is 10.9 Å². The van der Waals surface area contributed by atoms with Gasteiger partial charge >= 0.3 is 0 Å². The lowest BCUT2D eigenvalue weighted by atomic mass is 10.3. The van der Waals surface area contributed by atoms with Gasteiger partial charge in [0.1, 0.15) is 0 Å². The Balaban J connectivity index is 2.26. The Hall–Kier alpha value is -1.82. The molecule has 2 rings (SSSR count). The van der Waals surface area contributed by atoms with Crippen LogP contribution in [0.3, 0.4) is 0 Å². The van der Waals surface area contributed by atoms with E-state index in [9.17, 15) is 0 Å². The van der Waals surface area contributed by atoms with Crippen molar-refractivity contribution in [3.05, 3.63) is 40.6 Å². The monoisotopic (exact) mass is 222 g/mol.